The van der Waals surface area contributed by atoms with Gasteiger partial charge in [-0.2, -0.15) is 5.26 Å². The van der Waals surface area contributed by atoms with Crippen LogP contribution < -0.4 is 5.32 Å². The first-order chi connectivity index (χ1) is 11.5. The molecule has 2 aromatic carbocycles. The molecule has 0 saturated heterocycles. The molecule has 0 aliphatic carbocycles. The Balaban J connectivity index is 2.10. The molecular formula is C18H15Cl2N3O. The molecular weight excluding hydrogens is 345 g/mol. The van der Waals surface area contributed by atoms with Gasteiger partial charge in [0.2, 0.25) is 0 Å². The number of nitrogens with zero attached hydrogens (tertiary/aromatic N) is 2. The zero-order valence-electron chi connectivity index (χ0n) is 13.0. The van der Waals surface area contributed by atoms with Gasteiger partial charge in [-0.15, -0.1) is 0 Å². The molecule has 1 amide bonds. The predicted octanol–water partition coefficient (Wildman–Crippen LogP) is 4.47. The lowest BCUT2D eigenvalue weighted by atomic mass is 10.2. The summed E-state index contributed by atoms with van der Waals surface area (Å²) < 4.78 is 0. The summed E-state index contributed by atoms with van der Waals surface area (Å²) in [5.41, 5.74) is 1.41. The number of halogens is 2. The topological polar surface area (TPSA) is 56.1 Å². The van der Waals surface area contributed by atoms with Crippen molar-refractivity contribution in [3.05, 3.63) is 75.9 Å². The lowest BCUT2D eigenvalue weighted by Crippen LogP contribution is -2.18. The standard InChI is InChI=1S/C18H15Cl2N3O/c1-23(11-13-6-3-2-4-7-13)12-14(10-21)18(24)22-16-9-5-8-15(19)17(16)20/h2-9,12H,11H2,1H3,(H,22,24)/b14-12-. The number of rotatable bonds is 5. The van der Waals surface area contributed by atoms with E-state index in [1.165, 1.54) is 6.20 Å². The third-order valence-electron chi connectivity index (χ3n) is 3.19. The van der Waals surface area contributed by atoms with E-state index in [0.29, 0.717) is 17.3 Å². The molecule has 2 aromatic rings. The fourth-order valence-electron chi connectivity index (χ4n) is 2.07. The van der Waals surface area contributed by atoms with E-state index in [0.717, 1.165) is 5.56 Å². The lowest BCUT2D eigenvalue weighted by Gasteiger charge is -2.15. The summed E-state index contributed by atoms with van der Waals surface area (Å²) in [6.07, 6.45) is 1.50. The summed E-state index contributed by atoms with van der Waals surface area (Å²) in [7, 11) is 1.80. The van der Waals surface area contributed by atoms with Gasteiger partial charge in [-0.3, -0.25) is 4.79 Å². The van der Waals surface area contributed by atoms with Gasteiger partial charge in [0.05, 0.1) is 15.7 Å². The maximum absolute atomic E-state index is 12.3. The number of carbonyl (C=O) groups excluding carboxylic acids is 1. The average molecular weight is 360 g/mol. The molecule has 0 aliphatic heterocycles. The summed E-state index contributed by atoms with van der Waals surface area (Å²) in [5.74, 6) is -0.540. The highest BCUT2D eigenvalue weighted by Crippen LogP contribution is 2.29. The first-order valence-corrected chi connectivity index (χ1v) is 7.88. The minimum Gasteiger partial charge on any atom is -0.375 e. The van der Waals surface area contributed by atoms with Gasteiger partial charge >= 0.3 is 0 Å². The zero-order valence-corrected chi connectivity index (χ0v) is 14.5. The molecule has 0 saturated carbocycles. The first-order valence-electron chi connectivity index (χ1n) is 7.12. The zero-order chi connectivity index (χ0) is 17.5. The molecule has 0 heterocycles. The van der Waals surface area contributed by atoms with Crippen LogP contribution in [0.5, 0.6) is 0 Å². The molecule has 6 heteroatoms. The summed E-state index contributed by atoms with van der Waals surface area (Å²) in [6, 6.07) is 16.6. The SMILES string of the molecule is CN(/C=C(/C#N)C(=O)Nc1cccc(Cl)c1Cl)Cc1ccccc1. The Morgan fingerprint density at radius 2 is 1.92 bits per heavy atom. The van der Waals surface area contributed by atoms with Crippen molar-refractivity contribution in [1.82, 2.24) is 4.90 Å². The Morgan fingerprint density at radius 3 is 2.58 bits per heavy atom. The van der Waals surface area contributed by atoms with E-state index in [1.807, 2.05) is 36.4 Å². The molecule has 0 fully saturated rings. The molecule has 0 unspecified atom stereocenters. The van der Waals surface area contributed by atoms with Crippen molar-refractivity contribution in [1.29, 1.82) is 5.26 Å². The molecule has 0 atom stereocenters. The summed E-state index contributed by atoms with van der Waals surface area (Å²) in [5, 5.41) is 12.4. The second-order valence-electron chi connectivity index (χ2n) is 5.11. The second-order valence-corrected chi connectivity index (χ2v) is 5.90. The molecule has 0 aromatic heterocycles. The van der Waals surface area contributed by atoms with Crippen molar-refractivity contribution in [3.63, 3.8) is 0 Å². The number of anilines is 1. The van der Waals surface area contributed by atoms with Crippen LogP contribution in [0.1, 0.15) is 5.56 Å². The normalized spacial score (nSPS) is 10.8. The molecule has 0 radical (unpaired) electrons. The fraction of sp³-hybridized carbons (Fsp3) is 0.111. The van der Waals surface area contributed by atoms with Gasteiger partial charge in [0, 0.05) is 19.8 Å². The highest BCUT2D eigenvalue weighted by molar-refractivity contribution is 6.44. The Bertz CT molecular complexity index is 798. The van der Waals surface area contributed by atoms with Gasteiger partial charge in [-0.25, -0.2) is 0 Å². The molecule has 0 aliphatic rings. The van der Waals surface area contributed by atoms with Crippen LogP contribution in [0.25, 0.3) is 0 Å². The maximum Gasteiger partial charge on any atom is 0.267 e. The van der Waals surface area contributed by atoms with Gasteiger partial charge in [0.25, 0.3) is 5.91 Å². The Morgan fingerprint density at radius 1 is 1.21 bits per heavy atom. The predicted molar refractivity (Wildman–Crippen MR) is 96.7 cm³/mol. The van der Waals surface area contributed by atoms with Crippen LogP contribution in [0, 0.1) is 11.3 Å². The third kappa shape index (κ3) is 4.76. The molecule has 4 nitrogen and oxygen atoms in total. The van der Waals surface area contributed by atoms with Gasteiger partial charge < -0.3 is 10.2 Å². The van der Waals surface area contributed by atoms with Crippen LogP contribution in [0.3, 0.4) is 0 Å². The van der Waals surface area contributed by atoms with Gasteiger partial charge in [0.15, 0.2) is 0 Å². The monoisotopic (exact) mass is 359 g/mol. The van der Waals surface area contributed by atoms with Gasteiger partial charge in [-0.1, -0.05) is 59.6 Å². The number of amides is 1. The molecule has 24 heavy (non-hydrogen) atoms. The third-order valence-corrected chi connectivity index (χ3v) is 4.01. The Labute approximate surface area is 150 Å². The van der Waals surface area contributed by atoms with Gasteiger partial charge in [-0.05, 0) is 17.7 Å². The highest BCUT2D eigenvalue weighted by Gasteiger charge is 2.13. The van der Waals surface area contributed by atoms with E-state index < -0.39 is 5.91 Å². The first kappa shape index (κ1) is 17.9. The number of carbonyl (C=O) groups is 1. The van der Waals surface area contributed by atoms with Gasteiger partial charge in [0.1, 0.15) is 11.6 Å². The van der Waals surface area contributed by atoms with Crippen molar-refractivity contribution < 1.29 is 4.79 Å². The van der Waals surface area contributed by atoms with Crippen LogP contribution in [-0.4, -0.2) is 17.9 Å². The van der Waals surface area contributed by atoms with Crippen molar-refractivity contribution in [2.75, 3.05) is 12.4 Å². The van der Waals surface area contributed by atoms with Crippen LogP contribution in [0.2, 0.25) is 10.0 Å². The molecule has 1 N–H and O–H groups in total. The number of benzene rings is 2. The molecule has 122 valence electrons. The maximum atomic E-state index is 12.3. The molecule has 0 bridgehead atoms. The van der Waals surface area contributed by atoms with E-state index in [9.17, 15) is 10.1 Å². The van der Waals surface area contributed by atoms with E-state index in [-0.39, 0.29) is 10.6 Å². The fourth-order valence-corrected chi connectivity index (χ4v) is 2.41. The Kier molecular flexibility index (Phi) is 6.25. The largest absolute Gasteiger partial charge is 0.375 e. The smallest absolute Gasteiger partial charge is 0.267 e. The van der Waals surface area contributed by atoms with Crippen molar-refractivity contribution in [2.45, 2.75) is 6.54 Å². The minimum atomic E-state index is -0.540. The second kappa shape index (κ2) is 8.39. The van der Waals surface area contributed by atoms with Crippen LogP contribution in [0.4, 0.5) is 5.69 Å². The van der Waals surface area contributed by atoms with Crippen LogP contribution in [-0.2, 0) is 11.3 Å². The van der Waals surface area contributed by atoms with Crippen molar-refractivity contribution in [2.24, 2.45) is 0 Å². The van der Waals surface area contributed by atoms with Crippen molar-refractivity contribution >= 4 is 34.8 Å². The Hall–Kier alpha value is -2.48. The lowest BCUT2D eigenvalue weighted by molar-refractivity contribution is -0.112. The van der Waals surface area contributed by atoms with Crippen LogP contribution >= 0.6 is 23.2 Å². The summed E-state index contributed by atoms with van der Waals surface area (Å²) in [4.78, 5) is 14.0. The molecule has 2 rings (SSSR count). The number of hydrogen-bond donors (Lipinski definition) is 1. The number of nitrogens with one attached hydrogen (secondary N) is 1. The van der Waals surface area contributed by atoms with Crippen LogP contribution in [0.15, 0.2) is 60.3 Å². The van der Waals surface area contributed by atoms with E-state index in [4.69, 9.17) is 23.2 Å². The minimum absolute atomic E-state index is 0.0236. The van der Waals surface area contributed by atoms with E-state index in [1.54, 1.807) is 30.1 Å². The van der Waals surface area contributed by atoms with E-state index >= 15 is 0 Å². The number of hydrogen-bond acceptors (Lipinski definition) is 3. The summed E-state index contributed by atoms with van der Waals surface area (Å²) >= 11 is 12.0. The molecule has 0 spiro atoms. The quantitative estimate of drug-likeness (QED) is 0.632. The highest BCUT2D eigenvalue weighted by atomic mass is 35.5. The van der Waals surface area contributed by atoms with Crippen molar-refractivity contribution in [3.8, 4) is 6.07 Å². The number of nitriles is 1. The van der Waals surface area contributed by atoms with E-state index in [2.05, 4.69) is 5.32 Å². The average Bonchev–Trinajstić information content (AvgIpc) is 2.57. The summed E-state index contributed by atoms with van der Waals surface area (Å²) in [6.45, 7) is 0.581.